The molecule has 0 heterocycles. The van der Waals surface area contributed by atoms with Crippen LogP contribution in [0.5, 0.6) is 0 Å². The van der Waals surface area contributed by atoms with Crippen LogP contribution in [0.1, 0.15) is 78.6 Å². The molecule has 0 atom stereocenters. The van der Waals surface area contributed by atoms with E-state index in [1.54, 1.807) is 0 Å². The summed E-state index contributed by atoms with van der Waals surface area (Å²) in [6.07, 6.45) is 11.9. The lowest BCUT2D eigenvalue weighted by atomic mass is 9.79. The van der Waals surface area contributed by atoms with Gasteiger partial charge in [-0.3, -0.25) is 0 Å². The first-order valence-electron chi connectivity index (χ1n) is 9.14. The van der Waals surface area contributed by atoms with Crippen LogP contribution in [0.25, 0.3) is 0 Å². The Morgan fingerprint density at radius 2 is 1.71 bits per heavy atom. The van der Waals surface area contributed by atoms with Gasteiger partial charge in [0.1, 0.15) is 0 Å². The highest BCUT2D eigenvalue weighted by Gasteiger charge is 2.21. The van der Waals surface area contributed by atoms with Crippen LogP contribution in [0.15, 0.2) is 24.4 Å². The van der Waals surface area contributed by atoms with Crippen LogP contribution in [-0.2, 0) is 0 Å². The molecule has 1 heteroatoms. The fourth-order valence-electron chi connectivity index (χ4n) is 3.25. The Hall–Kier alpha value is -0.720. The van der Waals surface area contributed by atoms with Crippen LogP contribution in [0.2, 0.25) is 0 Å². The van der Waals surface area contributed by atoms with Gasteiger partial charge in [-0.15, -0.1) is 0 Å². The van der Waals surface area contributed by atoms with Crippen LogP contribution in [0.4, 0.5) is 0 Å². The minimum Gasteiger partial charge on any atom is -0.389 e. The van der Waals surface area contributed by atoms with Gasteiger partial charge in [0.05, 0.1) is 0 Å². The number of hydrogen-bond donors (Lipinski definition) is 1. The van der Waals surface area contributed by atoms with Crippen molar-refractivity contribution in [3.63, 3.8) is 0 Å². The fraction of sp³-hybridized carbons (Fsp3) is 0.800. The van der Waals surface area contributed by atoms with Crippen molar-refractivity contribution in [1.82, 2.24) is 5.32 Å². The molecular formula is C20H37N. The van der Waals surface area contributed by atoms with Crippen molar-refractivity contribution in [1.29, 1.82) is 0 Å². The maximum atomic E-state index is 4.27. The number of allylic oxidation sites excluding steroid dienone is 2. The van der Waals surface area contributed by atoms with Gasteiger partial charge in [0.2, 0.25) is 0 Å². The normalized spacial score (nSPS) is 22.3. The Balaban J connectivity index is 2.02. The summed E-state index contributed by atoms with van der Waals surface area (Å²) in [5.74, 6) is 2.35. The van der Waals surface area contributed by atoms with E-state index in [4.69, 9.17) is 0 Å². The summed E-state index contributed by atoms with van der Waals surface area (Å²) in [6.45, 7) is 16.3. The number of rotatable bonds is 10. The zero-order chi connectivity index (χ0) is 15.7. The summed E-state index contributed by atoms with van der Waals surface area (Å²) in [5.41, 5.74) is 2.70. The monoisotopic (exact) mass is 291 g/mol. The first kappa shape index (κ1) is 18.3. The standard InChI is InChI=1S/C20H37N/c1-6-19-11-13-20(14-12-19)18(5)21-15-9-7-8-10-17(4)16(2)3/h16,19-21H,4-15H2,1-3H3. The molecule has 21 heavy (non-hydrogen) atoms. The maximum absolute atomic E-state index is 4.27. The van der Waals surface area contributed by atoms with Gasteiger partial charge in [-0.1, -0.05) is 52.3 Å². The van der Waals surface area contributed by atoms with Gasteiger partial charge in [0, 0.05) is 12.2 Å². The van der Waals surface area contributed by atoms with E-state index in [0.29, 0.717) is 5.92 Å². The number of unbranched alkanes of at least 4 members (excludes halogenated alkanes) is 2. The average molecular weight is 292 g/mol. The van der Waals surface area contributed by atoms with Gasteiger partial charge in [0.25, 0.3) is 0 Å². The summed E-state index contributed by atoms with van der Waals surface area (Å²) >= 11 is 0. The molecule has 1 aliphatic carbocycles. The average Bonchev–Trinajstić information content (AvgIpc) is 2.50. The number of hydrogen-bond acceptors (Lipinski definition) is 1. The lowest BCUT2D eigenvalue weighted by molar-refractivity contribution is 0.288. The summed E-state index contributed by atoms with van der Waals surface area (Å²) in [6, 6.07) is 0. The molecule has 0 radical (unpaired) electrons. The molecule has 1 aliphatic rings. The minimum absolute atomic E-state index is 0.640. The first-order valence-corrected chi connectivity index (χ1v) is 9.14. The predicted octanol–water partition coefficient (Wildman–Crippen LogP) is 6.08. The smallest absolute Gasteiger partial charge is 0.0143 e. The summed E-state index contributed by atoms with van der Waals surface area (Å²) < 4.78 is 0. The van der Waals surface area contributed by atoms with Crippen LogP contribution < -0.4 is 5.32 Å². The molecule has 0 bridgehead atoms. The predicted molar refractivity (Wildman–Crippen MR) is 95.3 cm³/mol. The molecule has 0 aromatic rings. The Morgan fingerprint density at radius 1 is 1.05 bits per heavy atom. The van der Waals surface area contributed by atoms with Crippen molar-refractivity contribution >= 4 is 0 Å². The van der Waals surface area contributed by atoms with E-state index in [0.717, 1.165) is 18.4 Å². The molecule has 0 spiro atoms. The largest absolute Gasteiger partial charge is 0.389 e. The molecule has 0 unspecified atom stereocenters. The van der Waals surface area contributed by atoms with Crippen molar-refractivity contribution in [2.24, 2.45) is 17.8 Å². The molecule has 0 saturated heterocycles. The Labute approximate surface area is 133 Å². The van der Waals surface area contributed by atoms with Crippen LogP contribution in [0, 0.1) is 17.8 Å². The third kappa shape index (κ3) is 7.20. The quantitative estimate of drug-likeness (QED) is 0.380. The molecule has 122 valence electrons. The zero-order valence-corrected chi connectivity index (χ0v) is 14.7. The maximum Gasteiger partial charge on any atom is 0.0143 e. The van der Waals surface area contributed by atoms with E-state index in [2.05, 4.69) is 39.2 Å². The molecule has 0 aromatic carbocycles. The Kier molecular flexibility index (Phi) is 8.80. The second kappa shape index (κ2) is 10.1. The van der Waals surface area contributed by atoms with Crippen LogP contribution in [0.3, 0.4) is 0 Å². The SMILES string of the molecule is C=C(CCCCCNC(=C)C1CCC(CC)CC1)C(C)C. The van der Waals surface area contributed by atoms with Crippen molar-refractivity contribution in [2.75, 3.05) is 6.54 Å². The lowest BCUT2D eigenvalue weighted by Crippen LogP contribution is -2.24. The topological polar surface area (TPSA) is 12.0 Å². The highest BCUT2D eigenvalue weighted by atomic mass is 14.9. The summed E-state index contributed by atoms with van der Waals surface area (Å²) in [5, 5.41) is 3.58. The van der Waals surface area contributed by atoms with Gasteiger partial charge in [0.15, 0.2) is 0 Å². The van der Waals surface area contributed by atoms with Gasteiger partial charge < -0.3 is 5.32 Å². The molecular weight excluding hydrogens is 254 g/mol. The molecule has 0 aliphatic heterocycles. The molecule has 1 N–H and O–H groups in total. The van der Waals surface area contributed by atoms with Crippen LogP contribution in [-0.4, -0.2) is 6.54 Å². The second-order valence-corrected chi connectivity index (χ2v) is 7.20. The first-order chi connectivity index (χ1) is 10.0. The highest BCUT2D eigenvalue weighted by Crippen LogP contribution is 2.33. The van der Waals surface area contributed by atoms with Gasteiger partial charge in [-0.05, 0) is 62.7 Å². The zero-order valence-electron chi connectivity index (χ0n) is 14.7. The second-order valence-electron chi connectivity index (χ2n) is 7.20. The van der Waals surface area contributed by atoms with E-state index in [1.165, 1.54) is 69.1 Å². The van der Waals surface area contributed by atoms with Crippen molar-refractivity contribution in [3.05, 3.63) is 24.4 Å². The van der Waals surface area contributed by atoms with Gasteiger partial charge in [-0.25, -0.2) is 0 Å². The van der Waals surface area contributed by atoms with Crippen molar-refractivity contribution in [2.45, 2.75) is 78.6 Å². The van der Waals surface area contributed by atoms with E-state index in [1.807, 2.05) is 0 Å². The van der Waals surface area contributed by atoms with Crippen molar-refractivity contribution in [3.8, 4) is 0 Å². The van der Waals surface area contributed by atoms with Crippen LogP contribution >= 0.6 is 0 Å². The molecule has 1 fully saturated rings. The van der Waals surface area contributed by atoms with E-state index >= 15 is 0 Å². The lowest BCUT2D eigenvalue weighted by Gasteiger charge is -2.29. The Bertz CT molecular complexity index is 308. The molecule has 1 nitrogen and oxygen atoms in total. The third-order valence-corrected chi connectivity index (χ3v) is 5.26. The molecule has 1 rings (SSSR count). The third-order valence-electron chi connectivity index (χ3n) is 5.26. The van der Waals surface area contributed by atoms with Crippen molar-refractivity contribution < 1.29 is 0 Å². The van der Waals surface area contributed by atoms with E-state index in [-0.39, 0.29) is 0 Å². The molecule has 1 saturated carbocycles. The molecule has 0 aromatic heterocycles. The minimum atomic E-state index is 0.640. The summed E-state index contributed by atoms with van der Waals surface area (Å²) in [7, 11) is 0. The molecule has 0 amide bonds. The highest BCUT2D eigenvalue weighted by molar-refractivity contribution is 5.00. The van der Waals surface area contributed by atoms with Gasteiger partial charge >= 0.3 is 0 Å². The fourth-order valence-corrected chi connectivity index (χ4v) is 3.25. The summed E-state index contributed by atoms with van der Waals surface area (Å²) in [4.78, 5) is 0. The van der Waals surface area contributed by atoms with E-state index < -0.39 is 0 Å². The Morgan fingerprint density at radius 3 is 2.29 bits per heavy atom. The number of nitrogens with one attached hydrogen (secondary N) is 1. The van der Waals surface area contributed by atoms with E-state index in [9.17, 15) is 0 Å². The van der Waals surface area contributed by atoms with Gasteiger partial charge in [-0.2, -0.15) is 0 Å².